The third-order valence-electron chi connectivity index (χ3n) is 6.40. The van der Waals surface area contributed by atoms with Gasteiger partial charge in [0.25, 0.3) is 5.91 Å². The third kappa shape index (κ3) is 5.43. The van der Waals surface area contributed by atoms with Gasteiger partial charge in [-0.15, -0.1) is 0 Å². The van der Waals surface area contributed by atoms with E-state index in [2.05, 4.69) is 44.8 Å². The van der Waals surface area contributed by atoms with Gasteiger partial charge in [0.1, 0.15) is 0 Å². The van der Waals surface area contributed by atoms with Crippen LogP contribution in [0.3, 0.4) is 0 Å². The second kappa shape index (κ2) is 10.3. The van der Waals surface area contributed by atoms with E-state index in [9.17, 15) is 13.2 Å². The second-order valence-corrected chi connectivity index (χ2v) is 12.6. The average Bonchev–Trinajstić information content (AvgIpc) is 3.13. The van der Waals surface area contributed by atoms with Crippen LogP contribution < -0.4 is 4.80 Å². The van der Waals surface area contributed by atoms with Crippen molar-refractivity contribution in [2.75, 3.05) is 26.8 Å². The number of methoxy groups -OCH3 is 1. The summed E-state index contributed by atoms with van der Waals surface area (Å²) in [6.45, 7) is 10.4. The van der Waals surface area contributed by atoms with E-state index in [1.165, 1.54) is 23.5 Å². The Hall–Kier alpha value is -2.33. The molecule has 0 radical (unpaired) electrons. The predicted molar refractivity (Wildman–Crippen MR) is 139 cm³/mol. The number of hydrogen-bond acceptors (Lipinski definition) is 5. The summed E-state index contributed by atoms with van der Waals surface area (Å²) in [6, 6.07) is 10.4. The van der Waals surface area contributed by atoms with Crippen molar-refractivity contribution >= 4 is 37.5 Å². The molecule has 9 heteroatoms. The Morgan fingerprint density at radius 3 is 2.40 bits per heavy atom. The van der Waals surface area contributed by atoms with Crippen LogP contribution in [0.1, 0.15) is 41.8 Å². The molecule has 2 atom stereocenters. The molecule has 1 fully saturated rings. The second-order valence-electron chi connectivity index (χ2n) is 9.67. The summed E-state index contributed by atoms with van der Waals surface area (Å²) < 4.78 is 36.2. The fourth-order valence-electron chi connectivity index (χ4n) is 4.94. The van der Waals surface area contributed by atoms with Gasteiger partial charge in [0, 0.05) is 32.3 Å². The lowest BCUT2D eigenvalue weighted by Crippen LogP contribution is -2.42. The predicted octanol–water partition coefficient (Wildman–Crippen LogP) is 4.37. The van der Waals surface area contributed by atoms with Gasteiger partial charge in [-0.3, -0.25) is 4.79 Å². The molecule has 3 aromatic rings. The van der Waals surface area contributed by atoms with E-state index in [1.807, 2.05) is 4.57 Å². The summed E-state index contributed by atoms with van der Waals surface area (Å²) in [6.07, 6.45) is 1.03. The van der Waals surface area contributed by atoms with Crippen molar-refractivity contribution in [2.24, 2.45) is 16.8 Å². The molecule has 4 rings (SSSR count). The third-order valence-corrected chi connectivity index (χ3v) is 9.27. The number of sulfonamides is 1. The van der Waals surface area contributed by atoms with Gasteiger partial charge >= 0.3 is 0 Å². The minimum absolute atomic E-state index is 0.207. The number of carbonyl (C=O) groups excluding carboxylic acids is 1. The highest BCUT2D eigenvalue weighted by Gasteiger charge is 2.31. The Morgan fingerprint density at radius 1 is 1.11 bits per heavy atom. The SMILES string of the molecule is COCCn1c(=NC(=O)c2ccc(S(=O)(=O)N3CC(C)CC(C)C3)cc2)sc2cc(C)cc(C)c21. The first kappa shape index (κ1) is 25.8. The van der Waals surface area contributed by atoms with Crippen LogP contribution in [0.4, 0.5) is 0 Å². The van der Waals surface area contributed by atoms with Gasteiger partial charge in [0.15, 0.2) is 4.80 Å². The molecule has 0 N–H and O–H groups in total. The standard InChI is InChI=1S/C26H33N3O4S2/c1-17-13-20(4)24-23(14-17)34-26(29(24)10-11-33-5)27-25(30)21-6-8-22(9-7-21)35(31,32)28-15-18(2)12-19(3)16-28/h6-9,13-14,18-19H,10-12,15-16H2,1-5H3. The molecule has 1 aliphatic rings. The van der Waals surface area contributed by atoms with E-state index in [-0.39, 0.29) is 4.90 Å². The Kier molecular flexibility index (Phi) is 7.61. The number of hydrogen-bond donors (Lipinski definition) is 0. The number of benzene rings is 2. The van der Waals surface area contributed by atoms with E-state index < -0.39 is 15.9 Å². The molecule has 0 aliphatic carbocycles. The number of rotatable bonds is 6. The number of piperidine rings is 1. The molecule has 188 valence electrons. The molecule has 1 aliphatic heterocycles. The molecule has 2 unspecified atom stereocenters. The molecule has 1 saturated heterocycles. The van der Waals surface area contributed by atoms with Crippen molar-refractivity contribution in [1.29, 1.82) is 0 Å². The maximum absolute atomic E-state index is 13.2. The minimum atomic E-state index is -3.60. The van der Waals surface area contributed by atoms with Crippen molar-refractivity contribution in [3.05, 3.63) is 57.9 Å². The molecule has 0 spiro atoms. The normalized spacial score (nSPS) is 20.0. The summed E-state index contributed by atoms with van der Waals surface area (Å²) >= 11 is 1.47. The van der Waals surface area contributed by atoms with Crippen LogP contribution in [0.5, 0.6) is 0 Å². The van der Waals surface area contributed by atoms with Gasteiger partial charge in [0.05, 0.1) is 21.7 Å². The Bertz CT molecular complexity index is 1390. The fraction of sp³-hybridized carbons (Fsp3) is 0.462. The highest BCUT2D eigenvalue weighted by Crippen LogP contribution is 2.27. The van der Waals surface area contributed by atoms with Crippen LogP contribution >= 0.6 is 11.3 Å². The number of thiazole rings is 1. The van der Waals surface area contributed by atoms with Crippen LogP contribution in [0.15, 0.2) is 46.3 Å². The first-order valence-electron chi connectivity index (χ1n) is 11.9. The lowest BCUT2D eigenvalue weighted by Gasteiger charge is -2.34. The number of ether oxygens (including phenoxy) is 1. The lowest BCUT2D eigenvalue weighted by molar-refractivity contribution is 0.0997. The van der Waals surface area contributed by atoms with Gasteiger partial charge in [-0.05, 0) is 73.6 Å². The van der Waals surface area contributed by atoms with Crippen molar-refractivity contribution in [3.8, 4) is 0 Å². The topological polar surface area (TPSA) is 81.0 Å². The van der Waals surface area contributed by atoms with Crippen LogP contribution in [0.2, 0.25) is 0 Å². The number of carbonyl (C=O) groups is 1. The van der Waals surface area contributed by atoms with Gasteiger partial charge in [-0.25, -0.2) is 8.42 Å². The summed E-state index contributed by atoms with van der Waals surface area (Å²) in [7, 11) is -1.95. The minimum Gasteiger partial charge on any atom is -0.383 e. The van der Waals surface area contributed by atoms with Gasteiger partial charge < -0.3 is 9.30 Å². The lowest BCUT2D eigenvalue weighted by atomic mass is 9.94. The first-order chi connectivity index (χ1) is 16.6. The van der Waals surface area contributed by atoms with Gasteiger partial charge in [-0.1, -0.05) is 31.3 Å². The molecule has 1 amide bonds. The molecular weight excluding hydrogens is 482 g/mol. The number of amides is 1. The van der Waals surface area contributed by atoms with Gasteiger partial charge in [0.2, 0.25) is 10.0 Å². The zero-order valence-electron chi connectivity index (χ0n) is 20.9. The molecule has 1 aromatic heterocycles. The van der Waals surface area contributed by atoms with Gasteiger partial charge in [-0.2, -0.15) is 9.30 Å². The molecule has 0 saturated carbocycles. The number of fused-ring (bicyclic) bond motifs is 1. The zero-order valence-corrected chi connectivity index (χ0v) is 22.6. The van der Waals surface area contributed by atoms with E-state index in [1.54, 1.807) is 23.5 Å². The van der Waals surface area contributed by atoms with Crippen molar-refractivity contribution in [3.63, 3.8) is 0 Å². The zero-order chi connectivity index (χ0) is 25.3. The smallest absolute Gasteiger partial charge is 0.279 e. The van der Waals surface area contributed by atoms with E-state index in [0.717, 1.165) is 27.8 Å². The largest absolute Gasteiger partial charge is 0.383 e. The maximum Gasteiger partial charge on any atom is 0.279 e. The molecule has 2 heterocycles. The number of aryl methyl sites for hydroxylation is 2. The highest BCUT2D eigenvalue weighted by atomic mass is 32.2. The van der Waals surface area contributed by atoms with Crippen LogP contribution in [-0.4, -0.2) is 50.0 Å². The van der Waals surface area contributed by atoms with E-state index in [0.29, 0.717) is 48.4 Å². The average molecular weight is 516 g/mol. The van der Waals surface area contributed by atoms with E-state index >= 15 is 0 Å². The highest BCUT2D eigenvalue weighted by molar-refractivity contribution is 7.89. The summed E-state index contributed by atoms with van der Waals surface area (Å²) in [5, 5.41) is 0. The maximum atomic E-state index is 13.2. The number of aromatic nitrogens is 1. The summed E-state index contributed by atoms with van der Waals surface area (Å²) in [4.78, 5) is 18.3. The summed E-state index contributed by atoms with van der Waals surface area (Å²) in [5.74, 6) is 0.250. The van der Waals surface area contributed by atoms with Crippen molar-refractivity contribution < 1.29 is 17.9 Å². The Morgan fingerprint density at radius 2 is 1.77 bits per heavy atom. The fourth-order valence-corrected chi connectivity index (χ4v) is 7.85. The molecule has 2 aromatic carbocycles. The number of nitrogens with zero attached hydrogens (tertiary/aromatic N) is 3. The van der Waals surface area contributed by atoms with E-state index in [4.69, 9.17) is 4.74 Å². The Balaban J connectivity index is 1.65. The van der Waals surface area contributed by atoms with Crippen molar-refractivity contribution in [1.82, 2.24) is 8.87 Å². The molecule has 35 heavy (non-hydrogen) atoms. The molecule has 0 bridgehead atoms. The monoisotopic (exact) mass is 515 g/mol. The molecule has 7 nitrogen and oxygen atoms in total. The van der Waals surface area contributed by atoms with Crippen molar-refractivity contribution in [2.45, 2.75) is 45.6 Å². The first-order valence-corrected chi connectivity index (χ1v) is 14.1. The van der Waals surface area contributed by atoms with Crippen LogP contribution in [0, 0.1) is 25.7 Å². The quantitative estimate of drug-likeness (QED) is 0.488. The Labute approximate surface area is 211 Å². The molecular formula is C26H33N3O4S2. The van der Waals surface area contributed by atoms with Crippen LogP contribution in [-0.2, 0) is 21.3 Å². The van der Waals surface area contributed by atoms with Crippen LogP contribution in [0.25, 0.3) is 10.2 Å². The summed E-state index contributed by atoms with van der Waals surface area (Å²) in [5.41, 5.74) is 3.68.